The third kappa shape index (κ3) is 2.84. The Balaban J connectivity index is 1.68. The maximum atomic E-state index is 12.5. The predicted octanol–water partition coefficient (Wildman–Crippen LogP) is 2.68. The van der Waals surface area contributed by atoms with E-state index in [-0.39, 0.29) is 5.91 Å². The second-order valence-electron chi connectivity index (χ2n) is 5.54. The highest BCUT2D eigenvalue weighted by Gasteiger charge is 2.32. The molecule has 3 nitrogen and oxygen atoms in total. The van der Waals surface area contributed by atoms with Crippen molar-refractivity contribution in [2.24, 2.45) is 0 Å². The number of halogens is 1. The summed E-state index contributed by atoms with van der Waals surface area (Å²) in [5.41, 5.74) is 1.92. The highest BCUT2D eigenvalue weighted by molar-refractivity contribution is 9.10. The molecule has 2 fully saturated rings. The standard InChI is InChI=1S/C15H19BrN2O/c1-11-2-5-14(16)13(10-11)15(19)18-8-6-17(7-9-18)12-3-4-12/h2,5,10,12H,3-4,6-9H2,1H3. The van der Waals surface area contributed by atoms with Crippen LogP contribution in [0.4, 0.5) is 0 Å². The van der Waals surface area contributed by atoms with Gasteiger partial charge in [-0.3, -0.25) is 9.69 Å². The first kappa shape index (κ1) is 13.1. The van der Waals surface area contributed by atoms with Gasteiger partial charge in [-0.1, -0.05) is 11.6 Å². The zero-order chi connectivity index (χ0) is 13.4. The SMILES string of the molecule is Cc1ccc(Br)c(C(=O)N2CCN(C3CC3)CC2)c1. The maximum absolute atomic E-state index is 12.5. The van der Waals surface area contributed by atoms with E-state index in [9.17, 15) is 4.79 Å². The van der Waals surface area contributed by atoms with Crippen molar-refractivity contribution in [2.75, 3.05) is 26.2 Å². The van der Waals surface area contributed by atoms with Crippen molar-refractivity contribution in [3.63, 3.8) is 0 Å². The Morgan fingerprint density at radius 3 is 2.53 bits per heavy atom. The van der Waals surface area contributed by atoms with Crippen LogP contribution >= 0.6 is 15.9 Å². The Labute approximate surface area is 122 Å². The van der Waals surface area contributed by atoms with E-state index in [1.165, 1.54) is 12.8 Å². The molecule has 1 aliphatic heterocycles. The number of hydrogen-bond acceptors (Lipinski definition) is 2. The van der Waals surface area contributed by atoms with Crippen molar-refractivity contribution in [3.8, 4) is 0 Å². The molecule has 102 valence electrons. The molecule has 0 aromatic heterocycles. The highest BCUT2D eigenvalue weighted by Crippen LogP contribution is 2.28. The average molecular weight is 323 g/mol. The lowest BCUT2D eigenvalue weighted by Gasteiger charge is -2.35. The first-order chi connectivity index (χ1) is 9.15. The van der Waals surface area contributed by atoms with Crippen LogP contribution in [0.5, 0.6) is 0 Å². The minimum absolute atomic E-state index is 0.158. The van der Waals surface area contributed by atoms with Gasteiger partial charge in [-0.25, -0.2) is 0 Å². The van der Waals surface area contributed by atoms with Crippen molar-refractivity contribution in [1.82, 2.24) is 9.80 Å². The van der Waals surface area contributed by atoms with Crippen LogP contribution in [0.25, 0.3) is 0 Å². The van der Waals surface area contributed by atoms with Gasteiger partial charge in [0.2, 0.25) is 0 Å². The molecule has 1 heterocycles. The molecule has 3 rings (SSSR count). The number of rotatable bonds is 2. The van der Waals surface area contributed by atoms with E-state index in [1.807, 2.05) is 30.0 Å². The summed E-state index contributed by atoms with van der Waals surface area (Å²) in [7, 11) is 0. The molecule has 0 unspecified atom stereocenters. The predicted molar refractivity (Wildman–Crippen MR) is 79.4 cm³/mol. The quantitative estimate of drug-likeness (QED) is 0.835. The van der Waals surface area contributed by atoms with E-state index in [0.717, 1.165) is 47.8 Å². The van der Waals surface area contributed by atoms with Gasteiger partial charge >= 0.3 is 0 Å². The third-order valence-corrected chi connectivity index (χ3v) is 4.71. The van der Waals surface area contributed by atoms with Crippen LogP contribution in [0.1, 0.15) is 28.8 Å². The summed E-state index contributed by atoms with van der Waals surface area (Å²) in [6.07, 6.45) is 2.69. The fraction of sp³-hybridized carbons (Fsp3) is 0.533. The summed E-state index contributed by atoms with van der Waals surface area (Å²) in [5, 5.41) is 0. The molecule has 19 heavy (non-hydrogen) atoms. The lowest BCUT2D eigenvalue weighted by atomic mass is 10.1. The average Bonchev–Trinajstić information content (AvgIpc) is 3.25. The Kier molecular flexibility index (Phi) is 3.63. The van der Waals surface area contributed by atoms with Crippen LogP contribution in [0.15, 0.2) is 22.7 Å². The molecule has 1 aliphatic carbocycles. The van der Waals surface area contributed by atoms with Crippen LogP contribution in [0, 0.1) is 6.92 Å². The largest absolute Gasteiger partial charge is 0.336 e. The van der Waals surface area contributed by atoms with E-state index in [1.54, 1.807) is 0 Å². The Morgan fingerprint density at radius 1 is 1.21 bits per heavy atom. The van der Waals surface area contributed by atoms with Crippen molar-refractivity contribution in [2.45, 2.75) is 25.8 Å². The van der Waals surface area contributed by atoms with Crippen LogP contribution in [-0.4, -0.2) is 47.9 Å². The second kappa shape index (κ2) is 5.25. The number of hydrogen-bond donors (Lipinski definition) is 0. The highest BCUT2D eigenvalue weighted by atomic mass is 79.9. The lowest BCUT2D eigenvalue weighted by Crippen LogP contribution is -2.49. The van der Waals surface area contributed by atoms with Crippen LogP contribution in [0.2, 0.25) is 0 Å². The maximum Gasteiger partial charge on any atom is 0.255 e. The molecule has 0 N–H and O–H groups in total. The molecule has 1 saturated heterocycles. The zero-order valence-electron chi connectivity index (χ0n) is 11.2. The summed E-state index contributed by atoms with van der Waals surface area (Å²) < 4.78 is 0.896. The number of benzene rings is 1. The minimum Gasteiger partial charge on any atom is -0.336 e. The van der Waals surface area contributed by atoms with Crippen LogP contribution in [0.3, 0.4) is 0 Å². The van der Waals surface area contributed by atoms with Gasteiger partial charge in [-0.2, -0.15) is 0 Å². The van der Waals surface area contributed by atoms with Crippen molar-refractivity contribution >= 4 is 21.8 Å². The number of amides is 1. The number of piperazine rings is 1. The van der Waals surface area contributed by atoms with Crippen molar-refractivity contribution < 1.29 is 4.79 Å². The monoisotopic (exact) mass is 322 g/mol. The van der Waals surface area contributed by atoms with Gasteiger partial charge in [0.25, 0.3) is 5.91 Å². The molecule has 1 amide bonds. The van der Waals surface area contributed by atoms with E-state index in [0.29, 0.717) is 0 Å². The summed E-state index contributed by atoms with van der Waals surface area (Å²) in [4.78, 5) is 17.0. The molecular weight excluding hydrogens is 304 g/mol. The molecule has 1 aromatic carbocycles. The summed E-state index contributed by atoms with van der Waals surface area (Å²) >= 11 is 3.48. The van der Waals surface area contributed by atoms with E-state index in [4.69, 9.17) is 0 Å². The summed E-state index contributed by atoms with van der Waals surface area (Å²) in [6.45, 7) is 5.79. The number of aryl methyl sites for hydroxylation is 1. The van der Waals surface area contributed by atoms with Crippen molar-refractivity contribution in [1.29, 1.82) is 0 Å². The first-order valence-electron chi connectivity index (χ1n) is 6.94. The molecule has 1 saturated carbocycles. The molecule has 0 radical (unpaired) electrons. The molecule has 0 bridgehead atoms. The number of carbonyl (C=O) groups is 1. The molecule has 0 atom stereocenters. The zero-order valence-corrected chi connectivity index (χ0v) is 12.8. The van der Waals surface area contributed by atoms with Gasteiger partial charge in [0.05, 0.1) is 5.56 Å². The summed E-state index contributed by atoms with van der Waals surface area (Å²) in [6, 6.07) is 6.76. The fourth-order valence-corrected chi connectivity index (χ4v) is 3.12. The Bertz CT molecular complexity index is 491. The molecular formula is C15H19BrN2O. The molecule has 0 spiro atoms. The number of nitrogens with zero attached hydrogens (tertiary/aromatic N) is 2. The molecule has 2 aliphatic rings. The third-order valence-electron chi connectivity index (χ3n) is 4.02. The molecule has 1 aromatic rings. The first-order valence-corrected chi connectivity index (χ1v) is 7.74. The van der Waals surface area contributed by atoms with E-state index < -0.39 is 0 Å². The van der Waals surface area contributed by atoms with Crippen molar-refractivity contribution in [3.05, 3.63) is 33.8 Å². The van der Waals surface area contributed by atoms with Gasteiger partial charge in [-0.15, -0.1) is 0 Å². The summed E-state index contributed by atoms with van der Waals surface area (Å²) in [5.74, 6) is 0.158. The Morgan fingerprint density at radius 2 is 1.89 bits per heavy atom. The fourth-order valence-electron chi connectivity index (χ4n) is 2.70. The smallest absolute Gasteiger partial charge is 0.255 e. The van der Waals surface area contributed by atoms with E-state index in [2.05, 4.69) is 20.8 Å². The minimum atomic E-state index is 0.158. The lowest BCUT2D eigenvalue weighted by molar-refractivity contribution is 0.0626. The Hall–Kier alpha value is -0.870. The van der Waals surface area contributed by atoms with Gasteiger partial charge in [0, 0.05) is 36.7 Å². The second-order valence-corrected chi connectivity index (χ2v) is 6.40. The topological polar surface area (TPSA) is 23.6 Å². The van der Waals surface area contributed by atoms with Crippen LogP contribution in [-0.2, 0) is 0 Å². The van der Waals surface area contributed by atoms with Gasteiger partial charge in [0.15, 0.2) is 0 Å². The normalized spacial score (nSPS) is 20.6. The van der Waals surface area contributed by atoms with Crippen LogP contribution < -0.4 is 0 Å². The van der Waals surface area contributed by atoms with Gasteiger partial charge in [0.1, 0.15) is 0 Å². The number of carbonyl (C=O) groups excluding carboxylic acids is 1. The molecule has 4 heteroatoms. The van der Waals surface area contributed by atoms with E-state index >= 15 is 0 Å². The van der Waals surface area contributed by atoms with Gasteiger partial charge < -0.3 is 4.90 Å². The van der Waals surface area contributed by atoms with Gasteiger partial charge in [-0.05, 0) is 47.8 Å².